The highest BCUT2D eigenvalue weighted by molar-refractivity contribution is 7.99. The van der Waals surface area contributed by atoms with Gasteiger partial charge in [0.05, 0.1) is 6.54 Å². The van der Waals surface area contributed by atoms with Crippen LogP contribution in [0.4, 0.5) is 0 Å². The summed E-state index contributed by atoms with van der Waals surface area (Å²) in [6.45, 7) is 2.55. The topological polar surface area (TPSA) is 35.6 Å². The van der Waals surface area contributed by atoms with Gasteiger partial charge in [-0.05, 0) is 13.3 Å². The van der Waals surface area contributed by atoms with E-state index < -0.39 is 0 Å². The number of amides is 1. The first-order valence-electron chi connectivity index (χ1n) is 5.20. The monoisotopic (exact) mass is 231 g/mol. The van der Waals surface area contributed by atoms with Crippen molar-refractivity contribution in [2.45, 2.75) is 11.3 Å². The van der Waals surface area contributed by atoms with Crippen molar-refractivity contribution < 1.29 is 4.79 Å². The third-order valence-corrected chi connectivity index (χ3v) is 3.97. The predicted octanol–water partition coefficient (Wildman–Crippen LogP) is -0.290. The minimum absolute atomic E-state index is 0.171. The molecule has 5 heteroatoms. The van der Waals surface area contributed by atoms with Crippen LogP contribution in [0.1, 0.15) is 0 Å². The first-order valence-corrected chi connectivity index (χ1v) is 6.49. The Labute approximate surface area is 96.4 Å². The van der Waals surface area contributed by atoms with Gasteiger partial charge in [0.25, 0.3) is 0 Å². The summed E-state index contributed by atoms with van der Waals surface area (Å²) in [4.78, 5) is 15.4. The number of nitrogens with zero attached hydrogens (tertiary/aromatic N) is 2. The second-order valence-corrected chi connectivity index (χ2v) is 5.28. The van der Waals surface area contributed by atoms with Crippen molar-refractivity contribution in [1.82, 2.24) is 15.1 Å². The fraction of sp³-hybridized carbons (Fsp3) is 0.900. The summed E-state index contributed by atoms with van der Waals surface area (Å²) < 4.78 is 0. The van der Waals surface area contributed by atoms with Crippen LogP contribution >= 0.6 is 11.8 Å². The molecule has 0 radical (unpaired) electrons. The van der Waals surface area contributed by atoms with Gasteiger partial charge in [0.2, 0.25) is 5.91 Å². The van der Waals surface area contributed by atoms with Gasteiger partial charge in [0.15, 0.2) is 0 Å². The molecular weight excluding hydrogens is 210 g/mol. The quantitative estimate of drug-likeness (QED) is 0.721. The summed E-state index contributed by atoms with van der Waals surface area (Å²) in [5.74, 6) is 0.171. The number of rotatable bonds is 4. The van der Waals surface area contributed by atoms with Gasteiger partial charge in [-0.1, -0.05) is 0 Å². The highest BCUT2D eigenvalue weighted by atomic mass is 32.2. The van der Waals surface area contributed by atoms with Crippen LogP contribution in [0.3, 0.4) is 0 Å². The van der Waals surface area contributed by atoms with Crippen molar-refractivity contribution in [1.29, 1.82) is 0 Å². The van der Waals surface area contributed by atoms with E-state index in [1.165, 1.54) is 0 Å². The normalized spacial score (nSPS) is 25.9. The third-order valence-electron chi connectivity index (χ3n) is 2.88. The number of carbonyl (C=O) groups is 1. The standard InChI is InChI=1S/C10H21N3OS/c1-12(2)10(14)7-13(3)8-5-11-6-9(8)15-4/h8-9,11H,5-7H2,1-4H3. The second-order valence-electron chi connectivity index (χ2n) is 4.20. The zero-order valence-electron chi connectivity index (χ0n) is 9.99. The maximum atomic E-state index is 11.6. The highest BCUT2D eigenvalue weighted by Crippen LogP contribution is 2.18. The molecule has 0 saturated carbocycles. The summed E-state index contributed by atoms with van der Waals surface area (Å²) >= 11 is 1.88. The molecule has 2 unspecified atom stereocenters. The Hall–Kier alpha value is -0.260. The molecule has 0 aromatic rings. The lowest BCUT2D eigenvalue weighted by Gasteiger charge is -2.28. The Morgan fingerprint density at radius 1 is 1.40 bits per heavy atom. The Morgan fingerprint density at radius 2 is 2.07 bits per heavy atom. The number of thioether (sulfide) groups is 1. The van der Waals surface area contributed by atoms with E-state index in [0.29, 0.717) is 17.8 Å². The SMILES string of the molecule is CSC1CNCC1N(C)CC(=O)N(C)C. The summed E-state index contributed by atoms with van der Waals surface area (Å²) in [6.07, 6.45) is 2.13. The average Bonchev–Trinajstić information content (AvgIpc) is 2.64. The minimum Gasteiger partial charge on any atom is -0.348 e. The molecule has 1 N–H and O–H groups in total. The van der Waals surface area contributed by atoms with Gasteiger partial charge in [-0.2, -0.15) is 11.8 Å². The van der Waals surface area contributed by atoms with E-state index in [2.05, 4.69) is 16.5 Å². The number of likely N-dealkylation sites (N-methyl/N-ethyl adjacent to an activating group) is 2. The average molecular weight is 231 g/mol. The van der Waals surface area contributed by atoms with E-state index in [-0.39, 0.29) is 5.91 Å². The molecule has 1 aliphatic rings. The smallest absolute Gasteiger partial charge is 0.236 e. The summed E-state index contributed by atoms with van der Waals surface area (Å²) in [5, 5.41) is 3.97. The lowest BCUT2D eigenvalue weighted by atomic mass is 10.2. The van der Waals surface area contributed by atoms with Gasteiger partial charge >= 0.3 is 0 Å². The predicted molar refractivity (Wildman–Crippen MR) is 65.3 cm³/mol. The number of hydrogen-bond donors (Lipinski definition) is 1. The lowest BCUT2D eigenvalue weighted by molar-refractivity contribution is -0.130. The maximum Gasteiger partial charge on any atom is 0.236 e. The van der Waals surface area contributed by atoms with Crippen LogP contribution in [0.2, 0.25) is 0 Å². The van der Waals surface area contributed by atoms with Crippen molar-refractivity contribution in [3.8, 4) is 0 Å². The molecule has 1 amide bonds. The molecule has 0 bridgehead atoms. The molecule has 1 rings (SSSR count). The van der Waals surface area contributed by atoms with Gasteiger partial charge in [-0.25, -0.2) is 0 Å². The van der Waals surface area contributed by atoms with E-state index in [1.54, 1.807) is 19.0 Å². The molecular formula is C10H21N3OS. The molecule has 0 aromatic heterocycles. The molecule has 0 aliphatic carbocycles. The first kappa shape index (κ1) is 12.8. The van der Waals surface area contributed by atoms with Crippen LogP contribution in [0.25, 0.3) is 0 Å². The van der Waals surface area contributed by atoms with Crippen LogP contribution in [0.15, 0.2) is 0 Å². The van der Waals surface area contributed by atoms with E-state index in [4.69, 9.17) is 0 Å². The Morgan fingerprint density at radius 3 is 2.60 bits per heavy atom. The van der Waals surface area contributed by atoms with Crippen LogP contribution < -0.4 is 5.32 Å². The maximum absolute atomic E-state index is 11.6. The van der Waals surface area contributed by atoms with Gasteiger partial charge < -0.3 is 10.2 Å². The zero-order valence-corrected chi connectivity index (χ0v) is 10.8. The van der Waals surface area contributed by atoms with E-state index in [0.717, 1.165) is 13.1 Å². The van der Waals surface area contributed by atoms with Gasteiger partial charge in [-0.3, -0.25) is 9.69 Å². The Bertz CT molecular complexity index is 223. The van der Waals surface area contributed by atoms with Gasteiger partial charge in [0.1, 0.15) is 0 Å². The van der Waals surface area contributed by atoms with E-state index in [9.17, 15) is 4.79 Å². The van der Waals surface area contributed by atoms with Crippen LogP contribution in [0, 0.1) is 0 Å². The zero-order chi connectivity index (χ0) is 11.4. The Kier molecular flexibility index (Phi) is 4.89. The number of hydrogen-bond acceptors (Lipinski definition) is 4. The molecule has 15 heavy (non-hydrogen) atoms. The fourth-order valence-corrected chi connectivity index (χ4v) is 2.70. The number of carbonyl (C=O) groups excluding carboxylic acids is 1. The molecule has 1 aliphatic heterocycles. The van der Waals surface area contributed by atoms with Crippen molar-refractivity contribution in [3.05, 3.63) is 0 Å². The summed E-state index contributed by atoms with van der Waals surface area (Å²) in [6, 6.07) is 0.476. The molecule has 1 heterocycles. The van der Waals surface area contributed by atoms with E-state index >= 15 is 0 Å². The largest absolute Gasteiger partial charge is 0.348 e. The highest BCUT2D eigenvalue weighted by Gasteiger charge is 2.30. The molecule has 2 atom stereocenters. The van der Waals surface area contributed by atoms with E-state index in [1.807, 2.05) is 18.8 Å². The van der Waals surface area contributed by atoms with Crippen molar-refractivity contribution in [3.63, 3.8) is 0 Å². The third kappa shape index (κ3) is 3.36. The molecule has 1 fully saturated rings. The summed E-state index contributed by atoms with van der Waals surface area (Å²) in [5.41, 5.74) is 0. The van der Waals surface area contributed by atoms with Crippen LogP contribution in [-0.4, -0.2) is 74.0 Å². The summed E-state index contributed by atoms with van der Waals surface area (Å²) in [7, 11) is 5.63. The van der Waals surface area contributed by atoms with Gasteiger partial charge in [0, 0.05) is 38.5 Å². The molecule has 1 saturated heterocycles. The lowest BCUT2D eigenvalue weighted by Crippen LogP contribution is -2.44. The molecule has 4 nitrogen and oxygen atoms in total. The first-order chi connectivity index (χ1) is 7.06. The second kappa shape index (κ2) is 5.72. The Balaban J connectivity index is 2.45. The minimum atomic E-state index is 0.171. The number of nitrogens with one attached hydrogen (secondary N) is 1. The van der Waals surface area contributed by atoms with Crippen LogP contribution in [-0.2, 0) is 4.79 Å². The van der Waals surface area contributed by atoms with Crippen LogP contribution in [0.5, 0.6) is 0 Å². The molecule has 0 aromatic carbocycles. The van der Waals surface area contributed by atoms with Crippen molar-refractivity contribution in [2.75, 3.05) is 47.0 Å². The fourth-order valence-electron chi connectivity index (χ4n) is 1.79. The van der Waals surface area contributed by atoms with Crippen molar-refractivity contribution >= 4 is 17.7 Å². The molecule has 0 spiro atoms. The molecule has 88 valence electrons. The van der Waals surface area contributed by atoms with Gasteiger partial charge in [-0.15, -0.1) is 0 Å². The van der Waals surface area contributed by atoms with Crippen molar-refractivity contribution in [2.24, 2.45) is 0 Å².